The molecule has 4 nitrogen and oxygen atoms in total. The van der Waals surface area contributed by atoms with Crippen molar-refractivity contribution in [2.45, 2.75) is 6.10 Å². The van der Waals surface area contributed by atoms with Gasteiger partial charge in [-0.2, -0.15) is 0 Å². The van der Waals surface area contributed by atoms with Gasteiger partial charge in [0.25, 0.3) is 6.47 Å². The second kappa shape index (κ2) is 5.02. The van der Waals surface area contributed by atoms with Crippen molar-refractivity contribution >= 4 is 6.47 Å². The van der Waals surface area contributed by atoms with Crippen molar-refractivity contribution in [3.05, 3.63) is 60.2 Å². The van der Waals surface area contributed by atoms with Gasteiger partial charge in [0.1, 0.15) is 6.33 Å². The zero-order chi connectivity index (χ0) is 11.2. The molecule has 80 valence electrons. The quantitative estimate of drug-likeness (QED) is 0.727. The molecule has 0 aliphatic carbocycles. The molecule has 1 aromatic heterocycles. The third-order valence-corrected chi connectivity index (χ3v) is 2.18. The van der Waals surface area contributed by atoms with Crippen LogP contribution in [0, 0.1) is 0 Å². The van der Waals surface area contributed by atoms with E-state index in [4.69, 9.17) is 4.74 Å². The molecule has 0 amide bonds. The standard InChI is InChI=1S/C12H10N2O2/c15-9-16-12(10-4-2-1-3-5-10)11-6-13-8-14-7-11/h1-9,12H. The van der Waals surface area contributed by atoms with Crippen LogP contribution in [-0.4, -0.2) is 16.4 Å². The van der Waals surface area contributed by atoms with Crippen LogP contribution >= 0.6 is 0 Å². The highest BCUT2D eigenvalue weighted by atomic mass is 16.5. The Morgan fingerprint density at radius 1 is 1.06 bits per heavy atom. The summed E-state index contributed by atoms with van der Waals surface area (Å²) in [6, 6.07) is 9.46. The molecule has 0 bridgehead atoms. The first-order valence-corrected chi connectivity index (χ1v) is 4.81. The van der Waals surface area contributed by atoms with Crippen LogP contribution in [0.2, 0.25) is 0 Å². The molecule has 1 aromatic carbocycles. The van der Waals surface area contributed by atoms with Crippen LogP contribution in [0.1, 0.15) is 17.2 Å². The Kier molecular flexibility index (Phi) is 3.23. The molecule has 0 saturated heterocycles. The van der Waals surface area contributed by atoms with Crippen LogP contribution in [-0.2, 0) is 9.53 Å². The maximum atomic E-state index is 10.5. The highest BCUT2D eigenvalue weighted by molar-refractivity contribution is 5.41. The molecule has 0 saturated carbocycles. The molecule has 0 aliphatic rings. The predicted molar refractivity (Wildman–Crippen MR) is 57.5 cm³/mol. The third-order valence-electron chi connectivity index (χ3n) is 2.18. The monoisotopic (exact) mass is 214 g/mol. The molecule has 16 heavy (non-hydrogen) atoms. The van der Waals surface area contributed by atoms with Gasteiger partial charge in [-0.15, -0.1) is 0 Å². The summed E-state index contributed by atoms with van der Waals surface area (Å²) in [6.07, 6.45) is 4.26. The van der Waals surface area contributed by atoms with E-state index in [1.807, 2.05) is 30.3 Å². The highest BCUT2D eigenvalue weighted by Gasteiger charge is 2.14. The molecule has 0 fully saturated rings. The maximum Gasteiger partial charge on any atom is 0.294 e. The number of rotatable bonds is 4. The molecule has 4 heteroatoms. The lowest BCUT2D eigenvalue weighted by molar-refractivity contribution is -0.132. The van der Waals surface area contributed by atoms with Gasteiger partial charge in [-0.05, 0) is 5.56 Å². The number of benzene rings is 1. The summed E-state index contributed by atoms with van der Waals surface area (Å²) in [4.78, 5) is 18.3. The van der Waals surface area contributed by atoms with Crippen molar-refractivity contribution in [2.75, 3.05) is 0 Å². The van der Waals surface area contributed by atoms with Crippen LogP contribution < -0.4 is 0 Å². The summed E-state index contributed by atoms with van der Waals surface area (Å²) in [5, 5.41) is 0. The Labute approximate surface area is 92.9 Å². The van der Waals surface area contributed by atoms with E-state index in [1.54, 1.807) is 12.4 Å². The molecular formula is C12H10N2O2. The number of ether oxygens (including phenoxy) is 1. The van der Waals surface area contributed by atoms with Crippen molar-refractivity contribution in [1.29, 1.82) is 0 Å². The first kappa shape index (κ1) is 10.3. The summed E-state index contributed by atoms with van der Waals surface area (Å²) in [5.41, 5.74) is 1.64. The van der Waals surface area contributed by atoms with Gasteiger partial charge in [-0.3, -0.25) is 4.79 Å². The number of hydrogen-bond acceptors (Lipinski definition) is 4. The summed E-state index contributed by atoms with van der Waals surface area (Å²) in [7, 11) is 0. The van der Waals surface area contributed by atoms with Gasteiger partial charge in [-0.25, -0.2) is 9.97 Å². The molecule has 0 N–H and O–H groups in total. The van der Waals surface area contributed by atoms with Crippen molar-refractivity contribution < 1.29 is 9.53 Å². The Bertz CT molecular complexity index is 406. The van der Waals surface area contributed by atoms with Crippen molar-refractivity contribution in [1.82, 2.24) is 9.97 Å². The Morgan fingerprint density at radius 3 is 2.38 bits per heavy atom. The van der Waals surface area contributed by atoms with Crippen molar-refractivity contribution in [3.63, 3.8) is 0 Å². The number of nitrogens with zero attached hydrogens (tertiary/aromatic N) is 2. The molecule has 1 unspecified atom stereocenters. The summed E-state index contributed by atoms with van der Waals surface area (Å²) < 4.78 is 5.05. The fraction of sp³-hybridized carbons (Fsp3) is 0.0833. The van der Waals surface area contributed by atoms with Gasteiger partial charge in [0.05, 0.1) is 0 Å². The third kappa shape index (κ3) is 2.23. The molecule has 0 aliphatic heterocycles. The lowest BCUT2D eigenvalue weighted by atomic mass is 10.0. The molecule has 2 rings (SSSR count). The fourth-order valence-electron chi connectivity index (χ4n) is 1.48. The number of carbonyl (C=O) groups is 1. The highest BCUT2D eigenvalue weighted by Crippen LogP contribution is 2.23. The van der Waals surface area contributed by atoms with Crippen LogP contribution in [0.3, 0.4) is 0 Å². The van der Waals surface area contributed by atoms with Crippen molar-refractivity contribution in [2.24, 2.45) is 0 Å². The lowest BCUT2D eigenvalue weighted by Crippen LogP contribution is -2.05. The largest absolute Gasteiger partial charge is 0.455 e. The summed E-state index contributed by atoms with van der Waals surface area (Å²) in [6.45, 7) is 0.435. The minimum atomic E-state index is -0.445. The minimum absolute atomic E-state index is 0.435. The van der Waals surface area contributed by atoms with E-state index in [9.17, 15) is 4.79 Å². The van der Waals surface area contributed by atoms with E-state index in [2.05, 4.69) is 9.97 Å². The molecule has 1 atom stereocenters. The molecule has 2 aromatic rings. The lowest BCUT2D eigenvalue weighted by Gasteiger charge is -2.14. The van der Waals surface area contributed by atoms with E-state index >= 15 is 0 Å². The zero-order valence-corrected chi connectivity index (χ0v) is 8.48. The molecular weight excluding hydrogens is 204 g/mol. The smallest absolute Gasteiger partial charge is 0.294 e. The Morgan fingerprint density at radius 2 is 1.75 bits per heavy atom. The van der Waals surface area contributed by atoms with Gasteiger partial charge < -0.3 is 4.74 Å². The average molecular weight is 214 g/mol. The predicted octanol–water partition coefficient (Wildman–Crippen LogP) is 1.74. The van der Waals surface area contributed by atoms with Crippen LogP contribution in [0.5, 0.6) is 0 Å². The van der Waals surface area contributed by atoms with Crippen LogP contribution in [0.15, 0.2) is 49.1 Å². The fourth-order valence-corrected chi connectivity index (χ4v) is 1.48. The van der Waals surface area contributed by atoms with Crippen LogP contribution in [0.25, 0.3) is 0 Å². The average Bonchev–Trinajstić information content (AvgIpc) is 2.38. The normalized spacial score (nSPS) is 11.8. The second-order valence-electron chi connectivity index (χ2n) is 3.19. The molecule has 0 spiro atoms. The van der Waals surface area contributed by atoms with Gasteiger partial charge in [0.15, 0.2) is 6.10 Å². The maximum absolute atomic E-state index is 10.5. The van der Waals surface area contributed by atoms with Crippen LogP contribution in [0.4, 0.5) is 0 Å². The molecule has 1 heterocycles. The second-order valence-corrected chi connectivity index (χ2v) is 3.19. The van der Waals surface area contributed by atoms with Gasteiger partial charge >= 0.3 is 0 Å². The Balaban J connectivity index is 2.35. The van der Waals surface area contributed by atoms with E-state index < -0.39 is 6.10 Å². The first-order valence-electron chi connectivity index (χ1n) is 4.81. The van der Waals surface area contributed by atoms with E-state index in [-0.39, 0.29) is 0 Å². The van der Waals surface area contributed by atoms with Gasteiger partial charge in [-0.1, -0.05) is 30.3 Å². The number of aromatic nitrogens is 2. The number of carbonyl (C=O) groups excluding carboxylic acids is 1. The Hall–Kier alpha value is -2.23. The van der Waals surface area contributed by atoms with Gasteiger partial charge in [0.2, 0.25) is 0 Å². The summed E-state index contributed by atoms with van der Waals surface area (Å²) in [5.74, 6) is 0. The van der Waals surface area contributed by atoms with E-state index in [1.165, 1.54) is 6.33 Å². The minimum Gasteiger partial charge on any atom is -0.455 e. The van der Waals surface area contributed by atoms with Gasteiger partial charge in [0, 0.05) is 18.0 Å². The van der Waals surface area contributed by atoms with Crippen molar-refractivity contribution in [3.8, 4) is 0 Å². The number of hydrogen-bond donors (Lipinski definition) is 0. The molecule has 0 radical (unpaired) electrons. The zero-order valence-electron chi connectivity index (χ0n) is 8.48. The SMILES string of the molecule is O=COC(c1ccccc1)c1cncnc1. The topological polar surface area (TPSA) is 52.1 Å². The van der Waals surface area contributed by atoms with E-state index in [0.29, 0.717) is 6.47 Å². The summed E-state index contributed by atoms with van der Waals surface area (Å²) >= 11 is 0. The van der Waals surface area contributed by atoms with E-state index in [0.717, 1.165) is 11.1 Å². The first-order chi connectivity index (χ1) is 7.92.